The first kappa shape index (κ1) is 31.6. The van der Waals surface area contributed by atoms with Crippen molar-refractivity contribution in [2.75, 3.05) is 0 Å². The molecule has 0 aliphatic heterocycles. The molecule has 0 aliphatic rings. The summed E-state index contributed by atoms with van der Waals surface area (Å²) in [6.07, 6.45) is 0. The molecule has 0 rings (SSSR count). The maximum Gasteiger partial charge on any atom is 0 e. The summed E-state index contributed by atoms with van der Waals surface area (Å²) >= 11 is 0. The molecule has 0 atom stereocenters. The molecule has 3 radical (unpaired) electrons. The van der Waals surface area contributed by atoms with Gasteiger partial charge in [-0.05, 0) is 0 Å². The van der Waals surface area contributed by atoms with Crippen molar-refractivity contribution in [3.63, 3.8) is 0 Å². The summed E-state index contributed by atoms with van der Waals surface area (Å²) in [5.74, 6) is 0. The molecule has 4 heavy (non-hydrogen) atoms. The molecule has 0 aromatic carbocycles. The molecule has 0 bridgehead atoms. The Hall–Kier alpha value is 2.48. The van der Waals surface area contributed by atoms with Gasteiger partial charge in [-0.25, -0.2) is 0 Å². The van der Waals surface area contributed by atoms with Gasteiger partial charge in [0.15, 0.2) is 0 Å². The van der Waals surface area contributed by atoms with Gasteiger partial charge in [0.05, 0.1) is 0 Å². The number of rotatable bonds is 0. The molecule has 0 spiro atoms. The second-order valence-electron chi connectivity index (χ2n) is 0. The van der Waals surface area contributed by atoms with Crippen LogP contribution in [-0.4, -0.2) is 0 Å². The Morgan fingerprint density at radius 2 is 1.00 bits per heavy atom. The van der Waals surface area contributed by atoms with E-state index in [9.17, 15) is 0 Å². The van der Waals surface area contributed by atoms with Crippen molar-refractivity contribution in [2.45, 2.75) is 0 Å². The standard InChI is InChI=1S/Co.Nb.Ni.Ta. The zero-order valence-electron chi connectivity index (χ0n) is 1.54. The van der Waals surface area contributed by atoms with Crippen molar-refractivity contribution < 1.29 is 78.0 Å². The molecule has 29 valence electrons. The molecule has 0 nitrogen and oxygen atoms in total. The third kappa shape index (κ3) is 8.82. The van der Waals surface area contributed by atoms with E-state index in [0.29, 0.717) is 0 Å². The van der Waals surface area contributed by atoms with Crippen LogP contribution in [-0.2, 0) is 78.0 Å². The van der Waals surface area contributed by atoms with E-state index in [1.807, 2.05) is 0 Å². The summed E-state index contributed by atoms with van der Waals surface area (Å²) < 4.78 is 0. The van der Waals surface area contributed by atoms with Gasteiger partial charge in [-0.15, -0.1) is 0 Å². The normalized spacial score (nSPS) is 0. The second kappa shape index (κ2) is 17.9. The van der Waals surface area contributed by atoms with Crippen LogP contribution in [0.4, 0.5) is 0 Å². The number of hydrogen-bond donors (Lipinski definition) is 0. The van der Waals surface area contributed by atoms with Gasteiger partial charge in [-0.2, -0.15) is 0 Å². The Labute approximate surface area is 77.0 Å². The molecule has 0 amide bonds. The van der Waals surface area contributed by atoms with Crippen LogP contribution in [0.25, 0.3) is 0 Å². The van der Waals surface area contributed by atoms with Crippen LogP contribution >= 0.6 is 0 Å². The molecule has 0 unspecified atom stereocenters. The molecule has 0 N–H and O–H groups in total. The van der Waals surface area contributed by atoms with Crippen LogP contribution < -0.4 is 0 Å². The Morgan fingerprint density at radius 3 is 1.00 bits per heavy atom. The molecule has 0 heterocycles. The van der Waals surface area contributed by atoms with E-state index >= 15 is 0 Å². The Balaban J connectivity index is 0. The molecular weight excluding hydrogens is 391 g/mol. The summed E-state index contributed by atoms with van der Waals surface area (Å²) in [5, 5.41) is 0. The van der Waals surface area contributed by atoms with Gasteiger partial charge >= 0.3 is 0 Å². The van der Waals surface area contributed by atoms with Gasteiger partial charge in [-0.3, -0.25) is 0 Å². The van der Waals surface area contributed by atoms with Crippen LogP contribution in [0.2, 0.25) is 0 Å². The fraction of sp³-hybridized carbons (Fsp3) is 0. The van der Waals surface area contributed by atoms with Gasteiger partial charge in [-0.1, -0.05) is 0 Å². The largest absolute Gasteiger partial charge is 0 e. The molecular formula is CoNbNiTa. The van der Waals surface area contributed by atoms with Crippen LogP contribution in [0, 0.1) is 0 Å². The predicted molar refractivity (Wildman–Crippen MR) is 0 cm³/mol. The van der Waals surface area contributed by atoms with Crippen LogP contribution in [0.5, 0.6) is 0 Å². The van der Waals surface area contributed by atoms with E-state index in [-0.39, 0.29) is 78.0 Å². The Kier molecular flexibility index (Phi) is 141. The van der Waals surface area contributed by atoms with Crippen molar-refractivity contribution in [3.05, 3.63) is 0 Å². The first-order chi connectivity index (χ1) is 0. The van der Waals surface area contributed by atoms with Crippen molar-refractivity contribution in [1.29, 1.82) is 0 Å². The van der Waals surface area contributed by atoms with E-state index < -0.39 is 0 Å². The van der Waals surface area contributed by atoms with Crippen LogP contribution in [0.3, 0.4) is 0 Å². The maximum absolute atomic E-state index is 0. The van der Waals surface area contributed by atoms with Crippen molar-refractivity contribution in [2.24, 2.45) is 0 Å². The zero-order chi connectivity index (χ0) is 0. The maximum atomic E-state index is 0. The van der Waals surface area contributed by atoms with Gasteiger partial charge in [0.25, 0.3) is 0 Å². The van der Waals surface area contributed by atoms with Crippen LogP contribution in [0.1, 0.15) is 0 Å². The molecule has 0 aromatic heterocycles. The van der Waals surface area contributed by atoms with E-state index in [0.717, 1.165) is 0 Å². The van der Waals surface area contributed by atoms with E-state index in [1.54, 1.807) is 0 Å². The fourth-order valence-corrected chi connectivity index (χ4v) is 0. The van der Waals surface area contributed by atoms with Gasteiger partial charge in [0.1, 0.15) is 0 Å². The van der Waals surface area contributed by atoms with E-state index in [2.05, 4.69) is 0 Å². The smallest absolute Gasteiger partial charge is 0 e. The van der Waals surface area contributed by atoms with Crippen molar-refractivity contribution in [3.8, 4) is 0 Å². The topological polar surface area (TPSA) is 0 Å². The molecule has 0 aromatic rings. The van der Waals surface area contributed by atoms with Gasteiger partial charge < -0.3 is 0 Å². The minimum absolute atomic E-state index is 0. The SMILES string of the molecule is [Co].[Nb].[Ni].[Ta]. The summed E-state index contributed by atoms with van der Waals surface area (Å²) in [7, 11) is 0. The monoisotopic (exact) mass is 391 g/mol. The third-order valence-electron chi connectivity index (χ3n) is 0. The molecule has 0 fully saturated rings. The van der Waals surface area contributed by atoms with Gasteiger partial charge in [0, 0.05) is 78.0 Å². The summed E-state index contributed by atoms with van der Waals surface area (Å²) in [6.45, 7) is 0. The second-order valence-corrected chi connectivity index (χ2v) is 0. The van der Waals surface area contributed by atoms with E-state index in [4.69, 9.17) is 0 Å². The third-order valence-corrected chi connectivity index (χ3v) is 0. The Bertz CT molecular complexity index is 8.00. The average Bonchev–Trinajstić information content (AvgIpc) is 0. The first-order valence-corrected chi connectivity index (χ1v) is 0. The minimum atomic E-state index is 0. The predicted octanol–water partition coefficient (Wildman–Crippen LogP) is -0.0100. The van der Waals surface area contributed by atoms with Crippen molar-refractivity contribution >= 4 is 0 Å². The molecule has 0 saturated carbocycles. The zero-order valence-corrected chi connectivity index (χ0v) is 8.98. The molecule has 0 saturated heterocycles. The minimum Gasteiger partial charge on any atom is 0 e. The molecule has 4 heteroatoms. The van der Waals surface area contributed by atoms with Crippen molar-refractivity contribution in [1.82, 2.24) is 0 Å². The quantitative estimate of drug-likeness (QED) is 0.510. The summed E-state index contributed by atoms with van der Waals surface area (Å²) in [4.78, 5) is 0. The first-order valence-electron chi connectivity index (χ1n) is 0. The summed E-state index contributed by atoms with van der Waals surface area (Å²) in [6, 6.07) is 0. The molecule has 0 aliphatic carbocycles. The average molecular weight is 391 g/mol. The summed E-state index contributed by atoms with van der Waals surface area (Å²) in [5.41, 5.74) is 0. The van der Waals surface area contributed by atoms with E-state index in [1.165, 1.54) is 0 Å². The Morgan fingerprint density at radius 1 is 1.00 bits per heavy atom. The van der Waals surface area contributed by atoms with Gasteiger partial charge in [0.2, 0.25) is 0 Å². The van der Waals surface area contributed by atoms with Crippen LogP contribution in [0.15, 0.2) is 0 Å². The number of hydrogen-bond acceptors (Lipinski definition) is 0. The fourth-order valence-electron chi connectivity index (χ4n) is 0.